The van der Waals surface area contributed by atoms with Crippen molar-refractivity contribution in [1.82, 2.24) is 4.90 Å². The highest BCUT2D eigenvalue weighted by Crippen LogP contribution is 2.32. The maximum absolute atomic E-state index is 10.3. The van der Waals surface area contributed by atoms with Crippen LogP contribution in [0.25, 0.3) is 0 Å². The van der Waals surface area contributed by atoms with Gasteiger partial charge >= 0.3 is 0 Å². The molecule has 1 aliphatic rings. The molecule has 0 aromatic heterocycles. The Hall–Kier alpha value is -0.580. The number of nitrogens with zero attached hydrogens (tertiary/aromatic N) is 1. The minimum absolute atomic E-state index is 0.198. The van der Waals surface area contributed by atoms with E-state index in [1.165, 1.54) is 0 Å². The van der Waals surface area contributed by atoms with Crippen LogP contribution in [0.4, 0.5) is 5.69 Å². The number of likely N-dealkylation sites (tertiary alicyclic amines) is 1. The second kappa shape index (κ2) is 4.73. The predicted octanol–water partition coefficient (Wildman–Crippen LogP) is 2.16. The van der Waals surface area contributed by atoms with Crippen molar-refractivity contribution in [2.45, 2.75) is 25.0 Å². The van der Waals surface area contributed by atoms with Crippen molar-refractivity contribution >= 4 is 21.6 Å². The minimum atomic E-state index is -0.486. The van der Waals surface area contributed by atoms with Crippen LogP contribution in [0.1, 0.15) is 24.5 Å². The molecule has 0 spiro atoms. The third-order valence-corrected chi connectivity index (χ3v) is 3.80. The quantitative estimate of drug-likeness (QED) is 0.819. The van der Waals surface area contributed by atoms with Gasteiger partial charge in [0.15, 0.2) is 0 Å². The van der Waals surface area contributed by atoms with Gasteiger partial charge in [0.2, 0.25) is 0 Å². The molecule has 0 aliphatic carbocycles. The van der Waals surface area contributed by atoms with Crippen LogP contribution in [0.5, 0.6) is 0 Å². The van der Waals surface area contributed by atoms with Crippen molar-refractivity contribution in [1.29, 1.82) is 0 Å². The van der Waals surface area contributed by atoms with Crippen LogP contribution in [0, 0.1) is 0 Å². The van der Waals surface area contributed by atoms with Crippen LogP contribution in [0.15, 0.2) is 22.7 Å². The lowest BCUT2D eigenvalue weighted by Crippen LogP contribution is -2.31. The van der Waals surface area contributed by atoms with Crippen molar-refractivity contribution in [3.63, 3.8) is 0 Å². The Bertz CT molecular complexity index is 383. The maximum Gasteiger partial charge on any atom is 0.0964 e. The molecular weight excluding hydrogens is 268 g/mol. The van der Waals surface area contributed by atoms with E-state index in [0.717, 1.165) is 29.4 Å². The van der Waals surface area contributed by atoms with Gasteiger partial charge in [0, 0.05) is 21.8 Å². The van der Waals surface area contributed by atoms with E-state index in [1.54, 1.807) is 0 Å². The van der Waals surface area contributed by atoms with Crippen LogP contribution in [-0.2, 0) is 0 Å². The lowest BCUT2D eigenvalue weighted by Gasteiger charge is -2.26. The fourth-order valence-corrected chi connectivity index (χ4v) is 2.74. The van der Waals surface area contributed by atoms with Gasteiger partial charge in [0.05, 0.1) is 6.10 Å². The Kier molecular flexibility index (Phi) is 3.52. The summed E-state index contributed by atoms with van der Waals surface area (Å²) in [4.78, 5) is 2.20. The number of nitrogens with two attached hydrogens (primary N) is 1. The summed E-state index contributed by atoms with van der Waals surface area (Å²) in [5.74, 6) is 0. The van der Waals surface area contributed by atoms with Gasteiger partial charge in [-0.3, -0.25) is 0 Å². The Morgan fingerprint density at radius 3 is 2.88 bits per heavy atom. The van der Waals surface area contributed by atoms with Gasteiger partial charge in [0.1, 0.15) is 0 Å². The number of likely N-dealkylation sites (N-methyl/N-ethyl adjacent to an activating group) is 1. The smallest absolute Gasteiger partial charge is 0.0964 e. The van der Waals surface area contributed by atoms with E-state index >= 15 is 0 Å². The number of benzene rings is 1. The lowest BCUT2D eigenvalue weighted by atomic mass is 9.99. The van der Waals surface area contributed by atoms with E-state index in [0.29, 0.717) is 5.69 Å². The van der Waals surface area contributed by atoms with Gasteiger partial charge in [-0.15, -0.1) is 0 Å². The van der Waals surface area contributed by atoms with Crippen molar-refractivity contribution in [2.24, 2.45) is 0 Å². The SMILES string of the molecule is CN1CCCC1C(O)c1ccc(Br)cc1N. The van der Waals surface area contributed by atoms with Crippen LogP contribution >= 0.6 is 15.9 Å². The van der Waals surface area contributed by atoms with Crippen molar-refractivity contribution in [3.8, 4) is 0 Å². The highest BCUT2D eigenvalue weighted by Gasteiger charge is 2.29. The third-order valence-electron chi connectivity index (χ3n) is 3.31. The van der Waals surface area contributed by atoms with Gasteiger partial charge in [-0.05, 0) is 38.6 Å². The van der Waals surface area contributed by atoms with E-state index in [9.17, 15) is 5.11 Å². The summed E-state index contributed by atoms with van der Waals surface area (Å²) in [7, 11) is 2.05. The molecule has 3 nitrogen and oxygen atoms in total. The molecule has 0 radical (unpaired) electrons. The van der Waals surface area contributed by atoms with Gasteiger partial charge in [-0.2, -0.15) is 0 Å². The zero-order valence-electron chi connectivity index (χ0n) is 9.36. The summed E-state index contributed by atoms with van der Waals surface area (Å²) in [6.07, 6.45) is 1.70. The van der Waals surface area contributed by atoms with E-state index < -0.39 is 6.10 Å². The van der Waals surface area contributed by atoms with Gasteiger partial charge in [-0.25, -0.2) is 0 Å². The summed E-state index contributed by atoms with van der Waals surface area (Å²) in [6.45, 7) is 1.05. The zero-order valence-corrected chi connectivity index (χ0v) is 10.9. The van der Waals surface area contributed by atoms with E-state index in [4.69, 9.17) is 5.73 Å². The molecule has 2 atom stereocenters. The van der Waals surface area contributed by atoms with E-state index in [1.807, 2.05) is 18.2 Å². The molecule has 3 N–H and O–H groups in total. The summed E-state index contributed by atoms with van der Waals surface area (Å²) >= 11 is 3.37. The molecule has 1 aromatic carbocycles. The second-order valence-corrected chi connectivity index (χ2v) is 5.32. The normalized spacial score (nSPS) is 23.6. The number of hydrogen-bond donors (Lipinski definition) is 2. The number of aliphatic hydroxyl groups is 1. The molecule has 4 heteroatoms. The third kappa shape index (κ3) is 2.24. The molecule has 88 valence electrons. The summed E-state index contributed by atoms with van der Waals surface area (Å²) in [5.41, 5.74) is 7.42. The van der Waals surface area contributed by atoms with E-state index in [-0.39, 0.29) is 6.04 Å². The Labute approximate surface area is 104 Å². The molecule has 2 rings (SSSR count). The Morgan fingerprint density at radius 1 is 1.56 bits per heavy atom. The summed E-state index contributed by atoms with van der Waals surface area (Å²) in [6, 6.07) is 5.86. The van der Waals surface area contributed by atoms with E-state index in [2.05, 4.69) is 27.9 Å². The van der Waals surface area contributed by atoms with Gasteiger partial charge in [-0.1, -0.05) is 22.0 Å². The fourth-order valence-electron chi connectivity index (χ4n) is 2.36. The Morgan fingerprint density at radius 2 is 2.31 bits per heavy atom. The fraction of sp³-hybridized carbons (Fsp3) is 0.500. The molecule has 1 heterocycles. The molecule has 0 bridgehead atoms. The molecule has 1 aromatic rings. The first kappa shape index (κ1) is 11.9. The molecule has 1 fully saturated rings. The van der Waals surface area contributed by atoms with Crippen molar-refractivity contribution in [2.75, 3.05) is 19.3 Å². The van der Waals surface area contributed by atoms with Crippen LogP contribution in [0.3, 0.4) is 0 Å². The van der Waals surface area contributed by atoms with Gasteiger partial charge in [0.25, 0.3) is 0 Å². The monoisotopic (exact) mass is 284 g/mol. The number of nitrogen functional groups attached to an aromatic ring is 1. The average Bonchev–Trinajstić information content (AvgIpc) is 2.63. The van der Waals surface area contributed by atoms with Crippen molar-refractivity contribution < 1.29 is 5.11 Å². The largest absolute Gasteiger partial charge is 0.398 e. The van der Waals surface area contributed by atoms with Crippen LogP contribution in [-0.4, -0.2) is 29.6 Å². The Balaban J connectivity index is 2.23. The maximum atomic E-state index is 10.3. The first-order chi connectivity index (χ1) is 7.59. The molecular formula is C12H17BrN2O. The molecule has 1 aliphatic heterocycles. The minimum Gasteiger partial charge on any atom is -0.398 e. The van der Waals surface area contributed by atoms with Crippen LogP contribution < -0.4 is 5.73 Å². The summed E-state index contributed by atoms with van der Waals surface area (Å²) < 4.78 is 0.945. The highest BCUT2D eigenvalue weighted by molar-refractivity contribution is 9.10. The number of hydrogen-bond acceptors (Lipinski definition) is 3. The van der Waals surface area contributed by atoms with Crippen LogP contribution in [0.2, 0.25) is 0 Å². The number of halogens is 1. The van der Waals surface area contributed by atoms with Gasteiger partial charge < -0.3 is 15.7 Å². The topological polar surface area (TPSA) is 49.5 Å². The number of rotatable bonds is 2. The first-order valence-electron chi connectivity index (χ1n) is 5.53. The molecule has 16 heavy (non-hydrogen) atoms. The van der Waals surface area contributed by atoms with Crippen molar-refractivity contribution in [3.05, 3.63) is 28.2 Å². The predicted molar refractivity (Wildman–Crippen MR) is 69.2 cm³/mol. The lowest BCUT2D eigenvalue weighted by molar-refractivity contribution is 0.0863. The number of aliphatic hydroxyl groups excluding tert-OH is 1. The number of anilines is 1. The highest BCUT2D eigenvalue weighted by atomic mass is 79.9. The second-order valence-electron chi connectivity index (χ2n) is 4.41. The summed E-state index contributed by atoms with van der Waals surface area (Å²) in [5, 5.41) is 10.3. The molecule has 0 amide bonds. The first-order valence-corrected chi connectivity index (χ1v) is 6.32. The zero-order chi connectivity index (χ0) is 11.7. The molecule has 1 saturated heterocycles. The standard InChI is InChI=1S/C12H17BrN2O/c1-15-6-2-3-11(15)12(16)9-5-4-8(13)7-10(9)14/h4-5,7,11-12,16H,2-3,6,14H2,1H3. The average molecular weight is 285 g/mol. The molecule has 0 saturated carbocycles. The molecule has 2 unspecified atom stereocenters.